The fourth-order valence-electron chi connectivity index (χ4n) is 1.33. The first-order valence-corrected chi connectivity index (χ1v) is 4.90. The van der Waals surface area contributed by atoms with Gasteiger partial charge in [0, 0.05) is 26.2 Å². The molecule has 0 atom stereocenters. The number of rotatable bonds is 4. The van der Waals surface area contributed by atoms with Gasteiger partial charge in [-0.3, -0.25) is 0 Å². The van der Waals surface area contributed by atoms with Gasteiger partial charge < -0.3 is 21.5 Å². The van der Waals surface area contributed by atoms with Crippen LogP contribution in [-0.4, -0.2) is 30.8 Å². The molecule has 0 saturated heterocycles. The topological polar surface area (TPSA) is 92.6 Å². The van der Waals surface area contributed by atoms with E-state index in [1.807, 2.05) is 43.3 Å². The molecule has 0 aromatic heterocycles. The standard InChI is InChI=1S/C11H17N3O2/c1-14(2)9-5-3-8(4-6-9)7-11(12,13)10(15)16/h3-6H,7,12-13H2,1-2H3,(H,15,16). The van der Waals surface area contributed by atoms with Crippen LogP contribution in [0.3, 0.4) is 0 Å². The van der Waals surface area contributed by atoms with Crippen molar-refractivity contribution in [2.24, 2.45) is 11.5 Å². The summed E-state index contributed by atoms with van der Waals surface area (Å²) >= 11 is 0. The van der Waals surface area contributed by atoms with Crippen molar-refractivity contribution in [2.45, 2.75) is 12.1 Å². The van der Waals surface area contributed by atoms with Crippen molar-refractivity contribution < 1.29 is 9.90 Å². The minimum Gasteiger partial charge on any atom is -0.479 e. The molecule has 0 fully saturated rings. The Kier molecular flexibility index (Phi) is 3.51. The van der Waals surface area contributed by atoms with Gasteiger partial charge in [-0.25, -0.2) is 4.79 Å². The second-order valence-electron chi connectivity index (χ2n) is 4.08. The predicted molar refractivity (Wildman–Crippen MR) is 63.2 cm³/mol. The van der Waals surface area contributed by atoms with Gasteiger partial charge >= 0.3 is 5.97 Å². The molecule has 0 amide bonds. The third kappa shape index (κ3) is 2.95. The molecule has 0 spiro atoms. The van der Waals surface area contributed by atoms with Crippen LogP contribution in [0.4, 0.5) is 5.69 Å². The molecule has 0 unspecified atom stereocenters. The average Bonchev–Trinajstić information content (AvgIpc) is 2.17. The summed E-state index contributed by atoms with van der Waals surface area (Å²) in [5, 5.41) is 8.79. The van der Waals surface area contributed by atoms with Crippen molar-refractivity contribution >= 4 is 11.7 Å². The maximum atomic E-state index is 10.7. The van der Waals surface area contributed by atoms with E-state index in [1.165, 1.54) is 0 Å². The molecule has 88 valence electrons. The summed E-state index contributed by atoms with van der Waals surface area (Å²) in [7, 11) is 3.87. The Morgan fingerprint density at radius 3 is 2.19 bits per heavy atom. The van der Waals surface area contributed by atoms with E-state index >= 15 is 0 Å². The summed E-state index contributed by atoms with van der Waals surface area (Å²) in [6, 6.07) is 7.44. The monoisotopic (exact) mass is 223 g/mol. The molecule has 1 aromatic carbocycles. The van der Waals surface area contributed by atoms with Gasteiger partial charge in [0.15, 0.2) is 5.66 Å². The summed E-state index contributed by atoms with van der Waals surface area (Å²) < 4.78 is 0. The van der Waals surface area contributed by atoms with Crippen LogP contribution in [0.5, 0.6) is 0 Å². The van der Waals surface area contributed by atoms with Gasteiger partial charge in [0.1, 0.15) is 0 Å². The van der Waals surface area contributed by atoms with Crippen molar-refractivity contribution in [1.29, 1.82) is 0 Å². The van der Waals surface area contributed by atoms with Crippen molar-refractivity contribution in [1.82, 2.24) is 0 Å². The Labute approximate surface area is 94.7 Å². The largest absolute Gasteiger partial charge is 0.479 e. The number of aliphatic carboxylic acids is 1. The molecule has 5 N–H and O–H groups in total. The molecule has 0 aliphatic carbocycles. The van der Waals surface area contributed by atoms with E-state index in [-0.39, 0.29) is 6.42 Å². The summed E-state index contributed by atoms with van der Waals surface area (Å²) in [4.78, 5) is 12.7. The summed E-state index contributed by atoms with van der Waals surface area (Å²) in [6.45, 7) is 0. The number of hydrogen-bond acceptors (Lipinski definition) is 4. The summed E-state index contributed by atoms with van der Waals surface area (Å²) in [5.41, 5.74) is 11.0. The Bertz CT molecular complexity index is 371. The van der Waals surface area contributed by atoms with Crippen LogP contribution < -0.4 is 16.4 Å². The van der Waals surface area contributed by atoms with E-state index in [0.29, 0.717) is 0 Å². The van der Waals surface area contributed by atoms with Gasteiger partial charge in [0.25, 0.3) is 0 Å². The van der Waals surface area contributed by atoms with Crippen LogP contribution in [0.25, 0.3) is 0 Å². The van der Waals surface area contributed by atoms with Crippen LogP contribution in [-0.2, 0) is 11.2 Å². The normalized spacial score (nSPS) is 11.2. The number of carboxylic acids is 1. The minimum absolute atomic E-state index is 0.107. The van der Waals surface area contributed by atoms with E-state index in [2.05, 4.69) is 0 Å². The highest BCUT2D eigenvalue weighted by atomic mass is 16.4. The summed E-state index contributed by atoms with van der Waals surface area (Å²) in [6.07, 6.45) is 0.107. The zero-order chi connectivity index (χ0) is 12.3. The lowest BCUT2D eigenvalue weighted by atomic mass is 10.0. The zero-order valence-electron chi connectivity index (χ0n) is 9.47. The van der Waals surface area contributed by atoms with Gasteiger partial charge in [-0.15, -0.1) is 0 Å². The molecule has 5 heteroatoms. The van der Waals surface area contributed by atoms with Crippen LogP contribution in [0.15, 0.2) is 24.3 Å². The maximum Gasteiger partial charge on any atom is 0.338 e. The third-order valence-electron chi connectivity index (χ3n) is 2.35. The number of benzene rings is 1. The molecule has 1 aromatic rings. The first-order chi connectivity index (χ1) is 7.33. The fourth-order valence-corrected chi connectivity index (χ4v) is 1.33. The molecular weight excluding hydrogens is 206 g/mol. The van der Waals surface area contributed by atoms with Gasteiger partial charge in [0.05, 0.1) is 0 Å². The molecular formula is C11H17N3O2. The van der Waals surface area contributed by atoms with E-state index in [9.17, 15) is 4.79 Å². The van der Waals surface area contributed by atoms with Gasteiger partial charge in [-0.2, -0.15) is 0 Å². The second-order valence-corrected chi connectivity index (χ2v) is 4.08. The van der Waals surface area contributed by atoms with E-state index in [4.69, 9.17) is 16.6 Å². The number of nitrogens with zero attached hydrogens (tertiary/aromatic N) is 1. The van der Waals surface area contributed by atoms with Crippen LogP contribution in [0, 0.1) is 0 Å². The predicted octanol–water partition coefficient (Wildman–Crippen LogP) is -0.00660. The van der Waals surface area contributed by atoms with Crippen molar-refractivity contribution in [3.63, 3.8) is 0 Å². The highest BCUT2D eigenvalue weighted by Gasteiger charge is 2.28. The van der Waals surface area contributed by atoms with Crippen molar-refractivity contribution in [3.8, 4) is 0 Å². The number of carbonyl (C=O) groups is 1. The van der Waals surface area contributed by atoms with E-state index < -0.39 is 11.6 Å². The van der Waals surface area contributed by atoms with E-state index in [1.54, 1.807) is 0 Å². The Morgan fingerprint density at radius 1 is 1.31 bits per heavy atom. The lowest BCUT2D eigenvalue weighted by Crippen LogP contribution is -2.58. The van der Waals surface area contributed by atoms with Crippen molar-refractivity contribution in [3.05, 3.63) is 29.8 Å². The zero-order valence-corrected chi connectivity index (χ0v) is 9.47. The minimum atomic E-state index is -1.71. The molecule has 0 saturated carbocycles. The number of carboxylic acid groups (broad SMARTS) is 1. The van der Waals surface area contributed by atoms with Gasteiger partial charge in [0.2, 0.25) is 0 Å². The lowest BCUT2D eigenvalue weighted by Gasteiger charge is -2.19. The highest BCUT2D eigenvalue weighted by molar-refractivity contribution is 5.78. The van der Waals surface area contributed by atoms with Crippen LogP contribution >= 0.6 is 0 Å². The molecule has 0 aliphatic rings. The second kappa shape index (κ2) is 4.51. The number of hydrogen-bond donors (Lipinski definition) is 3. The molecule has 0 heterocycles. The van der Waals surface area contributed by atoms with Crippen molar-refractivity contribution in [2.75, 3.05) is 19.0 Å². The van der Waals surface area contributed by atoms with E-state index in [0.717, 1.165) is 11.3 Å². The highest BCUT2D eigenvalue weighted by Crippen LogP contribution is 2.14. The molecule has 0 radical (unpaired) electrons. The Hall–Kier alpha value is -1.59. The van der Waals surface area contributed by atoms with Crippen LogP contribution in [0.1, 0.15) is 5.56 Å². The van der Waals surface area contributed by atoms with Crippen LogP contribution in [0.2, 0.25) is 0 Å². The SMILES string of the molecule is CN(C)c1ccc(CC(N)(N)C(=O)O)cc1. The maximum absolute atomic E-state index is 10.7. The Balaban J connectivity index is 2.80. The molecule has 16 heavy (non-hydrogen) atoms. The summed E-state index contributed by atoms with van der Waals surface area (Å²) in [5.74, 6) is -1.20. The lowest BCUT2D eigenvalue weighted by molar-refractivity contribution is -0.143. The smallest absolute Gasteiger partial charge is 0.338 e. The average molecular weight is 223 g/mol. The number of nitrogens with two attached hydrogens (primary N) is 2. The van der Waals surface area contributed by atoms with Gasteiger partial charge in [-0.05, 0) is 17.7 Å². The molecule has 0 bridgehead atoms. The first-order valence-electron chi connectivity index (χ1n) is 4.90. The quantitative estimate of drug-likeness (QED) is 0.624. The Morgan fingerprint density at radius 2 is 1.81 bits per heavy atom. The number of anilines is 1. The fraction of sp³-hybridized carbons (Fsp3) is 0.364. The molecule has 5 nitrogen and oxygen atoms in total. The third-order valence-corrected chi connectivity index (χ3v) is 2.35. The molecule has 1 rings (SSSR count). The van der Waals surface area contributed by atoms with Gasteiger partial charge in [-0.1, -0.05) is 12.1 Å². The molecule has 0 aliphatic heterocycles. The first kappa shape index (κ1) is 12.5.